The average molecular weight is 501 g/mol. The van der Waals surface area contributed by atoms with Crippen LogP contribution in [0.15, 0.2) is 72.9 Å². The fourth-order valence-corrected chi connectivity index (χ4v) is 4.49. The van der Waals surface area contributed by atoms with Crippen molar-refractivity contribution in [3.63, 3.8) is 0 Å². The van der Waals surface area contributed by atoms with Crippen LogP contribution in [0.4, 0.5) is 0 Å². The molecule has 0 aliphatic heterocycles. The molecule has 0 aliphatic rings. The molecule has 0 aliphatic carbocycles. The van der Waals surface area contributed by atoms with Crippen LogP contribution in [0.2, 0.25) is 0 Å². The predicted octanol–water partition coefficient (Wildman–Crippen LogP) is 3.77. The normalized spacial score (nSPS) is 11.8. The number of aromatic nitrogens is 1. The van der Waals surface area contributed by atoms with E-state index in [0.29, 0.717) is 25.8 Å². The zero-order valence-corrected chi connectivity index (χ0v) is 20.6. The molecule has 5 N–H and O–H groups in total. The summed E-state index contributed by atoms with van der Waals surface area (Å²) < 4.78 is 0. The Hall–Kier alpha value is -4.17. The number of aromatic amines is 1. The Morgan fingerprint density at radius 3 is 2.49 bits per heavy atom. The van der Waals surface area contributed by atoms with Crippen LogP contribution in [0.3, 0.4) is 0 Å². The first-order valence-corrected chi connectivity index (χ1v) is 12.6. The molecule has 0 bridgehead atoms. The van der Waals surface area contributed by atoms with Gasteiger partial charge in [-0.2, -0.15) is 0 Å². The Morgan fingerprint density at radius 1 is 0.865 bits per heavy atom. The minimum atomic E-state index is -0.729. The molecule has 0 saturated carbocycles. The van der Waals surface area contributed by atoms with Crippen molar-refractivity contribution in [3.05, 3.63) is 84.1 Å². The SMILES string of the molecule is O=C(CCCCCNC(=O)[C@@H](Cc1c[nH]c2ccccc12)NC(=O)Cc1ccc2ccccc2c1)NO. The predicted molar refractivity (Wildman–Crippen MR) is 143 cm³/mol. The van der Waals surface area contributed by atoms with E-state index in [4.69, 9.17) is 5.21 Å². The van der Waals surface area contributed by atoms with Crippen LogP contribution in [-0.2, 0) is 27.2 Å². The lowest BCUT2D eigenvalue weighted by Crippen LogP contribution is -2.48. The molecule has 1 heterocycles. The minimum Gasteiger partial charge on any atom is -0.361 e. The molecule has 4 aromatic rings. The van der Waals surface area contributed by atoms with Crippen molar-refractivity contribution >= 4 is 39.4 Å². The molecular formula is C29H32N4O4. The third kappa shape index (κ3) is 7.17. The van der Waals surface area contributed by atoms with Gasteiger partial charge in [0.25, 0.3) is 0 Å². The van der Waals surface area contributed by atoms with Gasteiger partial charge in [0.1, 0.15) is 6.04 Å². The summed E-state index contributed by atoms with van der Waals surface area (Å²) in [5, 5.41) is 17.6. The van der Waals surface area contributed by atoms with E-state index in [0.717, 1.165) is 39.2 Å². The zero-order valence-electron chi connectivity index (χ0n) is 20.6. The number of carbonyl (C=O) groups excluding carboxylic acids is 3. The number of carbonyl (C=O) groups is 3. The third-order valence-corrected chi connectivity index (χ3v) is 6.43. The maximum absolute atomic E-state index is 13.1. The quantitative estimate of drug-likeness (QED) is 0.115. The average Bonchev–Trinajstić information content (AvgIpc) is 3.32. The minimum absolute atomic E-state index is 0.176. The van der Waals surface area contributed by atoms with Gasteiger partial charge in [-0.15, -0.1) is 0 Å². The van der Waals surface area contributed by atoms with Crippen molar-refractivity contribution in [2.45, 2.75) is 44.6 Å². The number of benzene rings is 3. The highest BCUT2D eigenvalue weighted by molar-refractivity contribution is 5.91. The topological polar surface area (TPSA) is 123 Å². The number of H-pyrrole nitrogens is 1. The summed E-state index contributed by atoms with van der Waals surface area (Å²) in [6.07, 6.45) is 4.68. The first-order valence-electron chi connectivity index (χ1n) is 12.6. The van der Waals surface area contributed by atoms with Crippen molar-refractivity contribution in [2.75, 3.05) is 6.54 Å². The number of hydroxylamine groups is 1. The third-order valence-electron chi connectivity index (χ3n) is 6.43. The van der Waals surface area contributed by atoms with Crippen LogP contribution < -0.4 is 16.1 Å². The number of hydrogen-bond donors (Lipinski definition) is 5. The molecule has 0 saturated heterocycles. The molecule has 0 unspecified atom stereocenters. The molecule has 192 valence electrons. The maximum atomic E-state index is 13.1. The summed E-state index contributed by atoms with van der Waals surface area (Å²) in [5.41, 5.74) is 4.43. The van der Waals surface area contributed by atoms with Crippen molar-refractivity contribution < 1.29 is 19.6 Å². The first-order chi connectivity index (χ1) is 18.0. The number of amides is 3. The van der Waals surface area contributed by atoms with E-state index in [1.54, 1.807) is 5.48 Å². The van der Waals surface area contributed by atoms with Gasteiger partial charge < -0.3 is 15.6 Å². The van der Waals surface area contributed by atoms with Crippen molar-refractivity contribution in [3.8, 4) is 0 Å². The summed E-state index contributed by atoms with van der Waals surface area (Å²) >= 11 is 0. The molecule has 0 spiro atoms. The Labute approximate surface area is 215 Å². The van der Waals surface area contributed by atoms with Crippen LogP contribution >= 0.6 is 0 Å². The number of unbranched alkanes of at least 4 members (excludes halogenated alkanes) is 2. The summed E-state index contributed by atoms with van der Waals surface area (Å²) in [5.74, 6) is -0.882. The number of hydrogen-bond acceptors (Lipinski definition) is 4. The van der Waals surface area contributed by atoms with E-state index >= 15 is 0 Å². The van der Waals surface area contributed by atoms with E-state index in [9.17, 15) is 14.4 Å². The second-order valence-electron chi connectivity index (χ2n) is 9.18. The van der Waals surface area contributed by atoms with Gasteiger partial charge in [-0.05, 0) is 40.8 Å². The zero-order chi connectivity index (χ0) is 26.0. The summed E-state index contributed by atoms with van der Waals surface area (Å²) in [6.45, 7) is 0.435. The molecule has 1 atom stereocenters. The molecule has 3 aromatic carbocycles. The van der Waals surface area contributed by atoms with Crippen LogP contribution in [0.1, 0.15) is 36.8 Å². The molecule has 4 rings (SSSR count). The van der Waals surface area contributed by atoms with E-state index in [-0.39, 0.29) is 24.7 Å². The smallest absolute Gasteiger partial charge is 0.243 e. The van der Waals surface area contributed by atoms with E-state index in [1.165, 1.54) is 0 Å². The standard InChI is InChI=1S/C29H32N4O4/c34-27(33-37)12-2-1-7-15-30-29(36)26(18-23-19-31-25-11-6-5-10-24(23)25)32-28(35)17-20-13-14-21-8-3-4-9-22(21)16-20/h3-6,8-11,13-14,16,19,26,31,37H,1-2,7,12,15,17-18H2,(H,30,36)(H,32,35)(H,33,34)/t26-/m1/s1. The molecular weight excluding hydrogens is 468 g/mol. The highest BCUT2D eigenvalue weighted by Crippen LogP contribution is 2.20. The monoisotopic (exact) mass is 500 g/mol. The number of nitrogens with one attached hydrogen (secondary N) is 4. The maximum Gasteiger partial charge on any atom is 0.243 e. The van der Waals surface area contributed by atoms with Crippen LogP contribution in [-0.4, -0.2) is 40.5 Å². The Morgan fingerprint density at radius 2 is 1.65 bits per heavy atom. The molecule has 3 amide bonds. The van der Waals surface area contributed by atoms with Crippen molar-refractivity contribution in [1.29, 1.82) is 0 Å². The molecule has 8 nitrogen and oxygen atoms in total. The van der Waals surface area contributed by atoms with Crippen LogP contribution in [0.5, 0.6) is 0 Å². The fourth-order valence-electron chi connectivity index (χ4n) is 4.49. The van der Waals surface area contributed by atoms with Gasteiger partial charge in [-0.3, -0.25) is 19.6 Å². The fraction of sp³-hybridized carbons (Fsp3) is 0.276. The highest BCUT2D eigenvalue weighted by atomic mass is 16.5. The van der Waals surface area contributed by atoms with E-state index in [1.807, 2.05) is 72.9 Å². The van der Waals surface area contributed by atoms with Gasteiger partial charge in [-0.25, -0.2) is 5.48 Å². The molecule has 0 fully saturated rings. The van der Waals surface area contributed by atoms with Gasteiger partial charge in [0.15, 0.2) is 0 Å². The molecule has 8 heteroatoms. The summed E-state index contributed by atoms with van der Waals surface area (Å²) in [4.78, 5) is 40.5. The van der Waals surface area contributed by atoms with Gasteiger partial charge in [0.2, 0.25) is 17.7 Å². The second-order valence-corrected chi connectivity index (χ2v) is 9.18. The van der Waals surface area contributed by atoms with Gasteiger partial charge in [0.05, 0.1) is 6.42 Å². The number of para-hydroxylation sites is 1. The molecule has 0 radical (unpaired) electrons. The van der Waals surface area contributed by atoms with Gasteiger partial charge in [-0.1, -0.05) is 67.1 Å². The largest absolute Gasteiger partial charge is 0.361 e. The van der Waals surface area contributed by atoms with Crippen LogP contribution in [0.25, 0.3) is 21.7 Å². The Bertz CT molecular complexity index is 1380. The Balaban J connectivity index is 1.39. The van der Waals surface area contributed by atoms with E-state index in [2.05, 4.69) is 15.6 Å². The highest BCUT2D eigenvalue weighted by Gasteiger charge is 2.22. The number of fused-ring (bicyclic) bond motifs is 2. The lowest BCUT2D eigenvalue weighted by atomic mass is 10.0. The number of rotatable bonds is 12. The lowest BCUT2D eigenvalue weighted by molar-refractivity contribution is -0.129. The summed E-state index contributed by atoms with van der Waals surface area (Å²) in [7, 11) is 0. The Kier molecular flexibility index (Phi) is 8.89. The first kappa shape index (κ1) is 25.9. The van der Waals surface area contributed by atoms with Gasteiger partial charge >= 0.3 is 0 Å². The van der Waals surface area contributed by atoms with E-state index < -0.39 is 11.9 Å². The molecule has 1 aromatic heterocycles. The summed E-state index contributed by atoms with van der Waals surface area (Å²) in [6, 6.07) is 21.1. The van der Waals surface area contributed by atoms with Crippen molar-refractivity contribution in [1.82, 2.24) is 21.1 Å². The molecule has 37 heavy (non-hydrogen) atoms. The second kappa shape index (κ2) is 12.7. The van der Waals surface area contributed by atoms with Crippen molar-refractivity contribution in [2.24, 2.45) is 0 Å². The lowest BCUT2D eigenvalue weighted by Gasteiger charge is -2.19. The van der Waals surface area contributed by atoms with Crippen LogP contribution in [0, 0.1) is 0 Å². The van der Waals surface area contributed by atoms with Gasteiger partial charge in [0, 0.05) is 36.5 Å².